The van der Waals surface area contributed by atoms with Crippen LogP contribution in [0.15, 0.2) is 42.1 Å². The molecule has 0 amide bonds. The minimum Gasteiger partial charge on any atom is -0.298 e. The lowest BCUT2D eigenvalue weighted by Gasteiger charge is -2.08. The number of rotatable bonds is 7. The number of hydrogen-bond acceptors (Lipinski definition) is 6. The Bertz CT molecular complexity index is 894. The SMILES string of the molecule is C=CCn1c(SCc2nnnn2C2CC2)nnc1-c1cccc(C)c1. The van der Waals surface area contributed by atoms with Crippen LogP contribution in [0.1, 0.15) is 30.3 Å². The summed E-state index contributed by atoms with van der Waals surface area (Å²) in [4.78, 5) is 0. The monoisotopic (exact) mass is 353 g/mol. The molecule has 3 aromatic rings. The summed E-state index contributed by atoms with van der Waals surface area (Å²) >= 11 is 1.60. The van der Waals surface area contributed by atoms with E-state index < -0.39 is 0 Å². The highest BCUT2D eigenvalue weighted by atomic mass is 32.2. The lowest BCUT2D eigenvalue weighted by molar-refractivity contribution is 0.593. The average Bonchev–Trinajstić information content (AvgIpc) is 3.21. The third-order valence-electron chi connectivity index (χ3n) is 4.09. The third kappa shape index (κ3) is 3.34. The molecule has 0 spiro atoms. The Morgan fingerprint density at radius 1 is 1.28 bits per heavy atom. The van der Waals surface area contributed by atoms with Crippen LogP contribution in [0.2, 0.25) is 0 Å². The van der Waals surface area contributed by atoms with Crippen molar-refractivity contribution in [2.45, 2.75) is 43.3 Å². The Hall–Kier alpha value is -2.48. The molecular formula is C17H19N7S. The quantitative estimate of drug-likeness (QED) is 0.480. The van der Waals surface area contributed by atoms with E-state index in [1.807, 2.05) is 16.8 Å². The topological polar surface area (TPSA) is 74.3 Å². The summed E-state index contributed by atoms with van der Waals surface area (Å²) in [6.45, 7) is 6.60. The molecule has 8 heteroatoms. The van der Waals surface area contributed by atoms with Crippen molar-refractivity contribution < 1.29 is 0 Å². The fraction of sp³-hybridized carbons (Fsp3) is 0.353. The van der Waals surface area contributed by atoms with Gasteiger partial charge < -0.3 is 0 Å². The molecule has 1 aliphatic rings. The molecule has 4 rings (SSSR count). The van der Waals surface area contributed by atoms with Crippen LogP contribution in [-0.2, 0) is 12.3 Å². The van der Waals surface area contributed by atoms with E-state index in [1.165, 1.54) is 5.56 Å². The fourth-order valence-electron chi connectivity index (χ4n) is 2.73. The van der Waals surface area contributed by atoms with Gasteiger partial charge in [-0.3, -0.25) is 4.57 Å². The Balaban J connectivity index is 1.59. The highest BCUT2D eigenvalue weighted by Gasteiger charge is 2.28. The van der Waals surface area contributed by atoms with Crippen LogP contribution in [0.25, 0.3) is 11.4 Å². The number of allylic oxidation sites excluding steroid dienone is 1. The molecule has 1 saturated carbocycles. The van der Waals surface area contributed by atoms with E-state index in [1.54, 1.807) is 11.8 Å². The first-order valence-electron chi connectivity index (χ1n) is 8.27. The third-order valence-corrected chi connectivity index (χ3v) is 5.05. The number of nitrogens with zero attached hydrogens (tertiary/aromatic N) is 7. The number of benzene rings is 1. The second-order valence-corrected chi connectivity index (χ2v) is 7.08. The normalized spacial score (nSPS) is 14.0. The van der Waals surface area contributed by atoms with Gasteiger partial charge in [0, 0.05) is 12.1 Å². The van der Waals surface area contributed by atoms with Crippen LogP contribution in [0.3, 0.4) is 0 Å². The molecule has 0 aliphatic heterocycles. The molecule has 1 fully saturated rings. The minimum absolute atomic E-state index is 0.472. The first-order valence-corrected chi connectivity index (χ1v) is 9.25. The van der Waals surface area contributed by atoms with Gasteiger partial charge in [0.25, 0.3) is 0 Å². The number of aryl methyl sites for hydroxylation is 1. The van der Waals surface area contributed by atoms with Crippen LogP contribution in [0.4, 0.5) is 0 Å². The molecule has 25 heavy (non-hydrogen) atoms. The van der Waals surface area contributed by atoms with Gasteiger partial charge in [-0.15, -0.1) is 21.9 Å². The zero-order chi connectivity index (χ0) is 17.2. The Morgan fingerprint density at radius 2 is 2.16 bits per heavy atom. The maximum atomic E-state index is 4.40. The molecule has 0 bridgehead atoms. The molecule has 2 aromatic heterocycles. The Labute approximate surface area is 150 Å². The maximum Gasteiger partial charge on any atom is 0.192 e. The van der Waals surface area contributed by atoms with Gasteiger partial charge in [-0.1, -0.05) is 41.6 Å². The summed E-state index contributed by atoms with van der Waals surface area (Å²) in [6.07, 6.45) is 4.18. The first kappa shape index (κ1) is 16.0. The van der Waals surface area contributed by atoms with Crippen LogP contribution in [0.5, 0.6) is 0 Å². The van der Waals surface area contributed by atoms with E-state index in [0.29, 0.717) is 18.3 Å². The highest BCUT2D eigenvalue weighted by molar-refractivity contribution is 7.98. The number of aromatic nitrogens is 7. The van der Waals surface area contributed by atoms with Crippen molar-refractivity contribution in [2.75, 3.05) is 0 Å². The van der Waals surface area contributed by atoms with Gasteiger partial charge in [0.05, 0.1) is 11.8 Å². The summed E-state index contributed by atoms with van der Waals surface area (Å²) in [6, 6.07) is 8.75. The van der Waals surface area contributed by atoms with Crippen molar-refractivity contribution in [2.24, 2.45) is 0 Å². The molecule has 0 radical (unpaired) electrons. The van der Waals surface area contributed by atoms with E-state index in [0.717, 1.165) is 35.2 Å². The van der Waals surface area contributed by atoms with Crippen LogP contribution in [-0.4, -0.2) is 35.0 Å². The van der Waals surface area contributed by atoms with E-state index in [4.69, 9.17) is 0 Å². The number of tetrazole rings is 1. The van der Waals surface area contributed by atoms with Gasteiger partial charge in [-0.05, 0) is 36.3 Å². The summed E-state index contributed by atoms with van der Waals surface area (Å²) in [5.74, 6) is 2.41. The van der Waals surface area contributed by atoms with E-state index >= 15 is 0 Å². The molecule has 128 valence electrons. The lowest BCUT2D eigenvalue weighted by Crippen LogP contribution is -2.04. The van der Waals surface area contributed by atoms with Gasteiger partial charge in [-0.2, -0.15) is 0 Å². The number of thioether (sulfide) groups is 1. The summed E-state index contributed by atoms with van der Waals surface area (Å²) in [5.41, 5.74) is 2.26. The fourth-order valence-corrected chi connectivity index (χ4v) is 3.59. The highest BCUT2D eigenvalue weighted by Crippen LogP contribution is 2.35. The Morgan fingerprint density at radius 3 is 2.92 bits per heavy atom. The van der Waals surface area contributed by atoms with Gasteiger partial charge >= 0.3 is 0 Å². The molecule has 2 heterocycles. The van der Waals surface area contributed by atoms with E-state index in [-0.39, 0.29) is 0 Å². The smallest absolute Gasteiger partial charge is 0.192 e. The molecule has 0 unspecified atom stereocenters. The molecule has 0 atom stereocenters. The molecule has 1 aliphatic carbocycles. The molecule has 0 saturated heterocycles. The average molecular weight is 353 g/mol. The molecular weight excluding hydrogens is 334 g/mol. The summed E-state index contributed by atoms with van der Waals surface area (Å²) in [7, 11) is 0. The standard InChI is InChI=1S/C17H19N7S/c1-3-9-23-16(13-6-4-5-12(2)10-13)19-20-17(23)25-11-15-18-21-22-24(15)14-7-8-14/h3-6,10,14H,1,7-9,11H2,2H3. The van der Waals surface area contributed by atoms with Crippen molar-refractivity contribution in [3.8, 4) is 11.4 Å². The van der Waals surface area contributed by atoms with Crippen LogP contribution < -0.4 is 0 Å². The van der Waals surface area contributed by atoms with Crippen molar-refractivity contribution in [3.63, 3.8) is 0 Å². The predicted octanol–water partition coefficient (Wildman–Crippen LogP) is 3.05. The van der Waals surface area contributed by atoms with E-state index in [9.17, 15) is 0 Å². The predicted molar refractivity (Wildman–Crippen MR) is 96.0 cm³/mol. The zero-order valence-corrected chi connectivity index (χ0v) is 14.9. The zero-order valence-electron chi connectivity index (χ0n) is 14.0. The number of hydrogen-bond donors (Lipinski definition) is 0. The largest absolute Gasteiger partial charge is 0.298 e. The van der Waals surface area contributed by atoms with Gasteiger partial charge in [-0.25, -0.2) is 4.68 Å². The maximum absolute atomic E-state index is 4.40. The van der Waals surface area contributed by atoms with Gasteiger partial charge in [0.1, 0.15) is 0 Å². The lowest BCUT2D eigenvalue weighted by atomic mass is 10.1. The van der Waals surface area contributed by atoms with Crippen LogP contribution >= 0.6 is 11.8 Å². The van der Waals surface area contributed by atoms with Gasteiger partial charge in [0.2, 0.25) is 0 Å². The summed E-state index contributed by atoms with van der Waals surface area (Å²) < 4.78 is 4.01. The van der Waals surface area contributed by atoms with Crippen LogP contribution in [0, 0.1) is 6.92 Å². The second kappa shape index (κ2) is 6.79. The minimum atomic E-state index is 0.472. The van der Waals surface area contributed by atoms with Crippen molar-refractivity contribution in [1.29, 1.82) is 0 Å². The van der Waals surface area contributed by atoms with Crippen molar-refractivity contribution in [3.05, 3.63) is 48.3 Å². The second-order valence-electron chi connectivity index (χ2n) is 6.13. The van der Waals surface area contributed by atoms with Gasteiger partial charge in [0.15, 0.2) is 16.8 Å². The summed E-state index contributed by atoms with van der Waals surface area (Å²) in [5, 5.41) is 21.7. The van der Waals surface area contributed by atoms with Crippen molar-refractivity contribution in [1.82, 2.24) is 35.0 Å². The molecule has 1 aromatic carbocycles. The molecule has 0 N–H and O–H groups in total. The Kier molecular flexibility index (Phi) is 4.35. The first-order chi connectivity index (χ1) is 12.3. The van der Waals surface area contributed by atoms with E-state index in [2.05, 4.69) is 62.0 Å². The van der Waals surface area contributed by atoms with Crippen molar-refractivity contribution >= 4 is 11.8 Å². The molecule has 7 nitrogen and oxygen atoms in total.